The Bertz CT molecular complexity index is 1620. The van der Waals surface area contributed by atoms with Crippen molar-refractivity contribution in [2.24, 2.45) is 0 Å². The van der Waals surface area contributed by atoms with Gasteiger partial charge < -0.3 is 0 Å². The molecule has 0 N–H and O–H groups in total. The highest BCUT2D eigenvalue weighted by Gasteiger charge is 2.12. The van der Waals surface area contributed by atoms with Gasteiger partial charge in [-0.05, 0) is 69.8 Å². The first kappa shape index (κ1) is 21.7. The van der Waals surface area contributed by atoms with Gasteiger partial charge in [-0.15, -0.1) is 0 Å². The minimum Gasteiger partial charge on any atom is -0.256 e. The third-order valence-electron chi connectivity index (χ3n) is 6.41. The van der Waals surface area contributed by atoms with Gasteiger partial charge in [-0.3, -0.25) is 9.97 Å². The molecule has 0 saturated heterocycles. The Kier molecular flexibility index (Phi) is 5.91. The van der Waals surface area contributed by atoms with Crippen molar-refractivity contribution in [3.8, 4) is 55.9 Å². The Morgan fingerprint density at radius 1 is 0.306 bits per heavy atom. The molecule has 170 valence electrons. The largest absolute Gasteiger partial charge is 0.256 e. The lowest BCUT2D eigenvalue weighted by molar-refractivity contribution is 1.33. The highest BCUT2D eigenvalue weighted by molar-refractivity contribution is 5.88. The summed E-state index contributed by atoms with van der Waals surface area (Å²) in [7, 11) is 0. The Morgan fingerprint density at radius 3 is 1.25 bits per heavy atom. The predicted molar refractivity (Wildman–Crippen MR) is 149 cm³/mol. The molecule has 36 heavy (non-hydrogen) atoms. The topological polar surface area (TPSA) is 25.8 Å². The molecule has 2 nitrogen and oxygen atoms in total. The quantitative estimate of drug-likeness (QED) is 0.257. The van der Waals surface area contributed by atoms with Crippen LogP contribution >= 0.6 is 0 Å². The third kappa shape index (κ3) is 4.33. The van der Waals surface area contributed by atoms with E-state index in [1.807, 2.05) is 42.7 Å². The van der Waals surface area contributed by atoms with Crippen molar-refractivity contribution in [2.45, 2.75) is 0 Å². The summed E-state index contributed by atoms with van der Waals surface area (Å²) in [6, 6.07) is 46.5. The zero-order valence-electron chi connectivity index (χ0n) is 19.8. The van der Waals surface area contributed by atoms with Crippen LogP contribution in [0.3, 0.4) is 0 Å². The van der Waals surface area contributed by atoms with Crippen molar-refractivity contribution in [2.75, 3.05) is 0 Å². The van der Waals surface area contributed by atoms with Gasteiger partial charge in [0.05, 0.1) is 11.4 Å². The summed E-state index contributed by atoms with van der Waals surface area (Å²) in [5.74, 6) is 0. The van der Waals surface area contributed by atoms with Gasteiger partial charge in [0, 0.05) is 23.5 Å². The summed E-state index contributed by atoms with van der Waals surface area (Å²) in [6.45, 7) is 0. The van der Waals surface area contributed by atoms with Crippen LogP contribution in [0.5, 0.6) is 0 Å². The second kappa shape index (κ2) is 9.81. The van der Waals surface area contributed by atoms with E-state index in [9.17, 15) is 0 Å². The Morgan fingerprint density at radius 2 is 0.722 bits per heavy atom. The lowest BCUT2D eigenvalue weighted by Crippen LogP contribution is -1.90. The third-order valence-corrected chi connectivity index (χ3v) is 6.41. The molecular formula is C34H24N2. The van der Waals surface area contributed by atoms with E-state index >= 15 is 0 Å². The van der Waals surface area contributed by atoms with Gasteiger partial charge in [-0.2, -0.15) is 0 Å². The number of pyridine rings is 2. The molecule has 2 heterocycles. The number of rotatable bonds is 5. The number of hydrogen-bond donors (Lipinski definition) is 0. The van der Waals surface area contributed by atoms with Crippen LogP contribution in [-0.4, -0.2) is 9.97 Å². The molecule has 0 aliphatic carbocycles. The molecule has 0 saturated carbocycles. The molecule has 0 unspecified atom stereocenters. The summed E-state index contributed by atoms with van der Waals surface area (Å²) in [4.78, 5) is 9.14. The predicted octanol–water partition coefficient (Wildman–Crippen LogP) is 8.81. The minimum atomic E-state index is 0.977. The summed E-state index contributed by atoms with van der Waals surface area (Å²) in [5, 5.41) is 0. The van der Waals surface area contributed by atoms with Crippen molar-refractivity contribution in [1.82, 2.24) is 9.97 Å². The second-order valence-electron chi connectivity index (χ2n) is 8.68. The van der Waals surface area contributed by atoms with Crippen molar-refractivity contribution in [1.29, 1.82) is 0 Å². The van der Waals surface area contributed by atoms with E-state index in [2.05, 4.69) is 113 Å². The smallest absolute Gasteiger partial charge is 0.0708 e. The molecule has 0 aliphatic heterocycles. The van der Waals surface area contributed by atoms with Gasteiger partial charge in [0.2, 0.25) is 0 Å². The molecule has 0 bridgehead atoms. The fraction of sp³-hybridized carbons (Fsp3) is 0. The van der Waals surface area contributed by atoms with E-state index < -0.39 is 0 Å². The normalized spacial score (nSPS) is 10.8. The molecule has 0 atom stereocenters. The first-order valence-corrected chi connectivity index (χ1v) is 12.1. The number of aromatic nitrogens is 2. The van der Waals surface area contributed by atoms with Gasteiger partial charge in [0.25, 0.3) is 0 Å². The molecule has 2 aromatic heterocycles. The molecule has 2 heteroatoms. The molecule has 6 aromatic rings. The molecular weight excluding hydrogens is 436 g/mol. The maximum Gasteiger partial charge on any atom is 0.0708 e. The van der Waals surface area contributed by atoms with Gasteiger partial charge in [-0.25, -0.2) is 0 Å². The number of benzene rings is 4. The van der Waals surface area contributed by atoms with Crippen molar-refractivity contribution in [3.63, 3.8) is 0 Å². The molecule has 6 rings (SSSR count). The van der Waals surface area contributed by atoms with Crippen LogP contribution in [0.1, 0.15) is 0 Å². The molecule has 0 aliphatic rings. The average molecular weight is 461 g/mol. The van der Waals surface area contributed by atoms with E-state index in [-0.39, 0.29) is 0 Å². The van der Waals surface area contributed by atoms with E-state index in [1.165, 1.54) is 33.4 Å². The highest BCUT2D eigenvalue weighted by atomic mass is 14.7. The lowest BCUT2D eigenvalue weighted by Gasteiger charge is -2.14. The summed E-state index contributed by atoms with van der Waals surface area (Å²) in [6.07, 6.45) is 3.68. The van der Waals surface area contributed by atoms with Gasteiger partial charge in [0.15, 0.2) is 0 Å². The fourth-order valence-corrected chi connectivity index (χ4v) is 4.70. The van der Waals surface area contributed by atoms with Crippen LogP contribution < -0.4 is 0 Å². The van der Waals surface area contributed by atoms with Crippen molar-refractivity contribution < 1.29 is 0 Å². The van der Waals surface area contributed by atoms with Crippen LogP contribution in [0.4, 0.5) is 0 Å². The van der Waals surface area contributed by atoms with Crippen LogP contribution in [0.2, 0.25) is 0 Å². The minimum absolute atomic E-state index is 0.977. The van der Waals surface area contributed by atoms with E-state index in [4.69, 9.17) is 0 Å². The maximum atomic E-state index is 4.60. The first-order chi connectivity index (χ1) is 17.9. The highest BCUT2D eigenvalue weighted by Crippen LogP contribution is 2.37. The zero-order valence-corrected chi connectivity index (χ0v) is 19.8. The molecule has 0 radical (unpaired) electrons. The van der Waals surface area contributed by atoms with Gasteiger partial charge in [0.1, 0.15) is 0 Å². The van der Waals surface area contributed by atoms with Crippen LogP contribution in [0.15, 0.2) is 146 Å². The van der Waals surface area contributed by atoms with Gasteiger partial charge >= 0.3 is 0 Å². The summed E-state index contributed by atoms with van der Waals surface area (Å²) < 4.78 is 0. The first-order valence-electron chi connectivity index (χ1n) is 12.1. The maximum absolute atomic E-state index is 4.60. The van der Waals surface area contributed by atoms with Crippen molar-refractivity contribution in [3.05, 3.63) is 146 Å². The van der Waals surface area contributed by atoms with Crippen LogP contribution in [0, 0.1) is 0 Å². The van der Waals surface area contributed by atoms with Gasteiger partial charge in [-0.1, -0.05) is 97.1 Å². The van der Waals surface area contributed by atoms with Crippen molar-refractivity contribution >= 4 is 0 Å². The SMILES string of the molecule is c1ccc(-c2cccc(-c3ccccc3-c3cccc(-c4ccccc4-c4ccccn4)c3)c2)nc1. The summed E-state index contributed by atoms with van der Waals surface area (Å²) in [5.41, 5.74) is 11.3. The number of nitrogens with zero attached hydrogens (tertiary/aromatic N) is 2. The standard InChI is InChI=1S/C34H24N2/c1-2-16-30(27-13-10-14-28(24-27)33-19-5-7-21-35-33)29(15-1)25-11-9-12-26(23-25)31-17-3-4-18-32(31)34-20-6-8-22-36-34/h1-24H. The second-order valence-corrected chi connectivity index (χ2v) is 8.68. The average Bonchev–Trinajstić information content (AvgIpc) is 2.98. The summed E-state index contributed by atoms with van der Waals surface area (Å²) >= 11 is 0. The Hall–Kier alpha value is -4.82. The van der Waals surface area contributed by atoms with Crippen LogP contribution in [-0.2, 0) is 0 Å². The Labute approximate surface area is 211 Å². The molecule has 0 fully saturated rings. The van der Waals surface area contributed by atoms with E-state index in [1.54, 1.807) is 0 Å². The molecule has 4 aromatic carbocycles. The monoisotopic (exact) mass is 460 g/mol. The van der Waals surface area contributed by atoms with E-state index in [0.717, 1.165) is 22.5 Å². The Balaban J connectivity index is 1.44. The molecule has 0 amide bonds. The zero-order chi connectivity index (χ0) is 24.2. The molecule has 0 spiro atoms. The van der Waals surface area contributed by atoms with Crippen LogP contribution in [0.25, 0.3) is 55.9 Å². The van der Waals surface area contributed by atoms with E-state index in [0.29, 0.717) is 0 Å². The lowest BCUT2D eigenvalue weighted by atomic mass is 9.90. The fourth-order valence-electron chi connectivity index (χ4n) is 4.70. The number of hydrogen-bond acceptors (Lipinski definition) is 2.